The van der Waals surface area contributed by atoms with E-state index in [1.54, 1.807) is 30.7 Å². The number of nitrogens with zero attached hydrogens (tertiary/aromatic N) is 2. The summed E-state index contributed by atoms with van der Waals surface area (Å²) >= 11 is 0. The number of rotatable bonds is 6. The van der Waals surface area contributed by atoms with Gasteiger partial charge in [-0.15, -0.1) is 0 Å². The number of hydrogen-bond acceptors (Lipinski definition) is 6. The van der Waals surface area contributed by atoms with Crippen molar-refractivity contribution in [2.45, 2.75) is 49.8 Å². The topological polar surface area (TPSA) is 106 Å². The smallest absolute Gasteiger partial charge is 0.421 e. The maximum Gasteiger partial charge on any atom is 0.421 e. The lowest BCUT2D eigenvalue weighted by Gasteiger charge is -2.35. The predicted molar refractivity (Wildman–Crippen MR) is 122 cm³/mol. The number of amides is 1. The number of ketones is 1. The number of methoxy groups -OCH3 is 1. The monoisotopic (exact) mass is 523 g/mol. The Labute approximate surface area is 206 Å². The highest BCUT2D eigenvalue weighted by Crippen LogP contribution is 2.52. The van der Waals surface area contributed by atoms with E-state index in [1.165, 1.54) is 31.6 Å². The third-order valence-electron chi connectivity index (χ3n) is 6.27. The Bertz CT molecular complexity index is 1340. The molecule has 1 aliphatic heterocycles. The van der Waals surface area contributed by atoms with Gasteiger partial charge in [0.15, 0.2) is 5.78 Å². The molecule has 1 aliphatic carbocycles. The number of carbonyl (C=O) groups is 2. The fraction of sp³-hybridized carbons (Fsp3) is 0.375. The molecule has 2 aliphatic rings. The van der Waals surface area contributed by atoms with Gasteiger partial charge in [0.25, 0.3) is 5.91 Å². The lowest BCUT2D eigenvalue weighted by Crippen LogP contribution is -2.66. The molecule has 1 amide bonds. The molecule has 0 bridgehead atoms. The van der Waals surface area contributed by atoms with Crippen LogP contribution in [-0.4, -0.2) is 48.8 Å². The van der Waals surface area contributed by atoms with Gasteiger partial charge in [-0.05, 0) is 47.7 Å². The number of allylic oxidation sites excluding steroid dienone is 1. The number of ether oxygens (including phenoxy) is 1. The van der Waals surface area contributed by atoms with E-state index >= 15 is 0 Å². The van der Waals surface area contributed by atoms with E-state index in [9.17, 15) is 31.2 Å². The Morgan fingerprint density at radius 2 is 1.78 bits per heavy atom. The molecule has 0 saturated heterocycles. The van der Waals surface area contributed by atoms with Gasteiger partial charge in [-0.1, -0.05) is 19.9 Å². The van der Waals surface area contributed by atoms with Gasteiger partial charge in [0.1, 0.15) is 5.75 Å². The van der Waals surface area contributed by atoms with E-state index in [0.717, 1.165) is 17.0 Å². The number of hydrogen-bond donors (Lipinski definition) is 1. The molecule has 0 unspecified atom stereocenters. The van der Waals surface area contributed by atoms with Crippen molar-refractivity contribution in [1.82, 2.24) is 14.6 Å². The number of halogens is 3. The zero-order valence-electron chi connectivity index (χ0n) is 19.7. The van der Waals surface area contributed by atoms with Crippen LogP contribution in [0, 0.1) is 5.41 Å². The first-order chi connectivity index (χ1) is 16.7. The van der Waals surface area contributed by atoms with Crippen LogP contribution in [0.5, 0.6) is 5.75 Å². The summed E-state index contributed by atoms with van der Waals surface area (Å²) in [6.07, 6.45) is -2.90. The van der Waals surface area contributed by atoms with Gasteiger partial charge in [0.05, 0.1) is 24.1 Å². The summed E-state index contributed by atoms with van der Waals surface area (Å²) in [7, 11) is -3.57. The molecule has 192 valence electrons. The summed E-state index contributed by atoms with van der Waals surface area (Å²) in [5.74, 6) is -2.22. The van der Waals surface area contributed by atoms with E-state index in [-0.39, 0.29) is 30.8 Å². The van der Waals surface area contributed by atoms with Crippen molar-refractivity contribution in [2.24, 2.45) is 5.41 Å². The molecular formula is C24H24F3N3O5S. The number of carbonyl (C=O) groups excluding carboxylic acids is 2. The minimum atomic E-state index is -5.45. The maximum absolute atomic E-state index is 14.9. The summed E-state index contributed by atoms with van der Waals surface area (Å²) in [5, 5.41) is 0. The van der Waals surface area contributed by atoms with Crippen LogP contribution in [-0.2, 0) is 26.2 Å². The summed E-state index contributed by atoms with van der Waals surface area (Å²) in [4.78, 5) is 31.1. The highest BCUT2D eigenvalue weighted by molar-refractivity contribution is 7.89. The first kappa shape index (κ1) is 25.8. The molecule has 2 heterocycles. The van der Waals surface area contributed by atoms with E-state index < -0.39 is 49.3 Å². The standard InChI is InChI=1S/C24H24F3N3O5S/c1-22(2)11-18-20(19(31)12-22)23(24(25,26)27,21(32)30(18)14-15-5-4-10-28-13-15)29-36(33,34)17-8-6-16(35-3)7-9-17/h4-10,13,29H,11-12,14H2,1-3H3/t23-/m0/s1. The molecule has 36 heavy (non-hydrogen) atoms. The molecule has 12 heteroatoms. The maximum atomic E-state index is 14.9. The van der Waals surface area contributed by atoms with E-state index in [1.807, 2.05) is 0 Å². The molecule has 1 N–H and O–H groups in total. The third-order valence-corrected chi connectivity index (χ3v) is 7.73. The summed E-state index contributed by atoms with van der Waals surface area (Å²) < 4.78 is 77.6. The molecule has 0 spiro atoms. The minimum absolute atomic E-state index is 0.0256. The van der Waals surface area contributed by atoms with Crippen molar-refractivity contribution >= 4 is 21.7 Å². The largest absolute Gasteiger partial charge is 0.497 e. The van der Waals surface area contributed by atoms with Crippen LogP contribution >= 0.6 is 0 Å². The zero-order chi connectivity index (χ0) is 26.5. The number of benzene rings is 1. The summed E-state index contributed by atoms with van der Waals surface area (Å²) in [5.41, 5.74) is -5.10. The molecule has 0 radical (unpaired) electrons. The molecule has 1 aromatic heterocycles. The Hall–Kier alpha value is -3.25. The number of aromatic nitrogens is 1. The van der Waals surface area contributed by atoms with Gasteiger partial charge >= 0.3 is 6.18 Å². The molecular weight excluding hydrogens is 499 g/mol. The van der Waals surface area contributed by atoms with Crippen LogP contribution in [0.1, 0.15) is 32.3 Å². The fourth-order valence-corrected chi connectivity index (χ4v) is 5.97. The number of pyridine rings is 1. The van der Waals surface area contributed by atoms with Gasteiger partial charge in [-0.3, -0.25) is 14.6 Å². The Kier molecular flexibility index (Phi) is 6.24. The number of alkyl halides is 3. The molecule has 1 aromatic carbocycles. The van der Waals surface area contributed by atoms with Crippen molar-refractivity contribution in [2.75, 3.05) is 7.11 Å². The average Bonchev–Trinajstić information content (AvgIpc) is 3.02. The molecule has 1 atom stereocenters. The first-order valence-corrected chi connectivity index (χ1v) is 12.4. The highest BCUT2D eigenvalue weighted by atomic mass is 32.2. The van der Waals surface area contributed by atoms with E-state index in [2.05, 4.69) is 4.98 Å². The van der Waals surface area contributed by atoms with Crippen molar-refractivity contribution in [3.63, 3.8) is 0 Å². The van der Waals surface area contributed by atoms with E-state index in [0.29, 0.717) is 5.56 Å². The van der Waals surface area contributed by atoms with Crippen molar-refractivity contribution in [1.29, 1.82) is 0 Å². The van der Waals surface area contributed by atoms with Crippen molar-refractivity contribution in [3.05, 3.63) is 65.6 Å². The SMILES string of the molecule is COc1ccc(S(=O)(=O)N[C@]2(C(F)(F)F)C(=O)N(Cc3cccnc3)C3=C2C(=O)CC(C)(C)C3)cc1. The lowest BCUT2D eigenvalue weighted by molar-refractivity contribution is -0.189. The van der Waals surface area contributed by atoms with Gasteiger partial charge in [-0.25, -0.2) is 8.42 Å². The summed E-state index contributed by atoms with van der Waals surface area (Å²) in [6, 6.07) is 7.77. The third kappa shape index (κ3) is 4.28. The quantitative estimate of drug-likeness (QED) is 0.623. The van der Waals surface area contributed by atoms with Gasteiger partial charge < -0.3 is 9.64 Å². The van der Waals surface area contributed by atoms with Crippen LogP contribution in [0.4, 0.5) is 13.2 Å². The second kappa shape index (κ2) is 8.70. The van der Waals surface area contributed by atoms with Crippen LogP contribution in [0.3, 0.4) is 0 Å². The number of sulfonamides is 1. The molecule has 8 nitrogen and oxygen atoms in total. The Morgan fingerprint density at radius 1 is 1.11 bits per heavy atom. The fourth-order valence-electron chi connectivity index (χ4n) is 4.65. The molecule has 2 aromatic rings. The Morgan fingerprint density at radius 3 is 2.33 bits per heavy atom. The highest BCUT2D eigenvalue weighted by Gasteiger charge is 2.72. The van der Waals surface area contributed by atoms with Gasteiger partial charge in [0, 0.05) is 24.5 Å². The minimum Gasteiger partial charge on any atom is -0.497 e. The number of nitrogens with one attached hydrogen (secondary N) is 1. The normalized spacial score (nSPS) is 22.1. The van der Waals surface area contributed by atoms with E-state index in [4.69, 9.17) is 4.74 Å². The zero-order valence-corrected chi connectivity index (χ0v) is 20.5. The second-order valence-corrected chi connectivity index (χ2v) is 11.2. The lowest BCUT2D eigenvalue weighted by atomic mass is 9.72. The Balaban J connectivity index is 1.90. The van der Waals surface area contributed by atoms with Crippen LogP contribution in [0.15, 0.2) is 65.0 Å². The van der Waals surface area contributed by atoms with Crippen molar-refractivity contribution in [3.8, 4) is 5.75 Å². The average molecular weight is 524 g/mol. The summed E-state index contributed by atoms with van der Waals surface area (Å²) in [6.45, 7) is 3.10. The second-order valence-electron chi connectivity index (χ2n) is 9.54. The number of Topliss-reactive ketones (excluding diaryl/α,β-unsaturated/α-hetero) is 1. The molecule has 0 saturated carbocycles. The van der Waals surface area contributed by atoms with Crippen LogP contribution < -0.4 is 9.46 Å². The first-order valence-electron chi connectivity index (χ1n) is 10.9. The van der Waals surface area contributed by atoms with Crippen LogP contribution in [0.2, 0.25) is 0 Å². The molecule has 0 fully saturated rings. The van der Waals surface area contributed by atoms with Gasteiger partial charge in [0.2, 0.25) is 15.6 Å². The van der Waals surface area contributed by atoms with Crippen LogP contribution in [0.25, 0.3) is 0 Å². The van der Waals surface area contributed by atoms with Gasteiger partial charge in [-0.2, -0.15) is 17.9 Å². The predicted octanol–water partition coefficient (Wildman–Crippen LogP) is 3.36. The molecule has 4 rings (SSSR count). The van der Waals surface area contributed by atoms with Crippen molar-refractivity contribution < 1.29 is 35.9 Å².